The fraction of sp³-hybridized carbons (Fsp3) is 0.103. The number of primary sulfonamides is 1. The van der Waals surface area contributed by atoms with E-state index in [-0.39, 0.29) is 29.3 Å². The Kier molecular flexibility index (Phi) is 8.20. The number of carbonyl (C=O) groups excluding carboxylic acids is 1. The molecule has 9 heteroatoms. The lowest BCUT2D eigenvalue weighted by molar-refractivity contribution is 0.0921. The molecule has 1 atom stereocenters. The van der Waals surface area contributed by atoms with Gasteiger partial charge >= 0.3 is 0 Å². The van der Waals surface area contributed by atoms with E-state index in [0.717, 1.165) is 5.56 Å². The highest BCUT2D eigenvalue weighted by molar-refractivity contribution is 7.89. The highest BCUT2D eigenvalue weighted by Crippen LogP contribution is 2.26. The van der Waals surface area contributed by atoms with E-state index in [1.807, 2.05) is 30.3 Å². The summed E-state index contributed by atoms with van der Waals surface area (Å²) in [6, 6.07) is 29.4. The minimum atomic E-state index is -3.90. The van der Waals surface area contributed by atoms with Crippen molar-refractivity contribution < 1.29 is 17.9 Å². The molecule has 8 nitrogen and oxygen atoms in total. The lowest BCUT2D eigenvalue weighted by Gasteiger charge is -2.20. The average molecular weight is 529 g/mol. The smallest absolute Gasteiger partial charge is 0.251 e. The molecular formula is C29H28N4O4S. The number of hydrogen-bond donors (Lipinski definition) is 4. The Hall–Kier alpha value is -4.47. The van der Waals surface area contributed by atoms with Crippen LogP contribution in [0.3, 0.4) is 0 Å². The van der Waals surface area contributed by atoms with Crippen molar-refractivity contribution in [1.82, 2.24) is 5.32 Å². The highest BCUT2D eigenvalue weighted by Gasteiger charge is 2.18. The van der Waals surface area contributed by atoms with E-state index in [2.05, 4.69) is 5.32 Å². The van der Waals surface area contributed by atoms with E-state index in [4.69, 9.17) is 21.0 Å². The summed E-state index contributed by atoms with van der Waals surface area (Å²) >= 11 is 0. The summed E-state index contributed by atoms with van der Waals surface area (Å²) in [4.78, 5) is 13.2. The second-order valence-corrected chi connectivity index (χ2v) is 10.3. The molecule has 1 unspecified atom stereocenters. The van der Waals surface area contributed by atoms with Crippen LogP contribution >= 0.6 is 0 Å². The summed E-state index contributed by atoms with van der Waals surface area (Å²) in [5.74, 6) is 0.195. The Labute approximate surface area is 221 Å². The lowest BCUT2D eigenvalue weighted by atomic mass is 10.0. The summed E-state index contributed by atoms with van der Waals surface area (Å²) in [5, 5.41) is 16.0. The maximum atomic E-state index is 13.1. The second kappa shape index (κ2) is 11.7. The zero-order chi connectivity index (χ0) is 27.1. The van der Waals surface area contributed by atoms with Gasteiger partial charge in [-0.1, -0.05) is 72.8 Å². The van der Waals surface area contributed by atoms with Gasteiger partial charge < -0.3 is 15.8 Å². The maximum absolute atomic E-state index is 13.1. The summed E-state index contributed by atoms with van der Waals surface area (Å²) in [6.45, 7) is 0.196. The standard InChI is InChI=1S/C29H28N4O4S/c30-28(31)23-9-6-10-25(18-23)37-19-24(17-20-7-2-1-3-8-20)33-29(34)22-15-13-21(14-16-22)26-11-4-5-12-27(26)38(32,35)36/h1-16,18,24H,17,19H2,(H3,30,31)(H,33,34)(H2,32,35,36). The predicted molar refractivity (Wildman–Crippen MR) is 148 cm³/mol. The predicted octanol–water partition coefficient (Wildman–Crippen LogP) is 3.71. The maximum Gasteiger partial charge on any atom is 0.251 e. The molecule has 0 aliphatic heterocycles. The summed E-state index contributed by atoms with van der Waals surface area (Å²) in [6.07, 6.45) is 0.540. The number of nitrogens with two attached hydrogens (primary N) is 2. The SMILES string of the molecule is N=C(N)c1cccc(OCC(Cc2ccccc2)NC(=O)c2ccc(-c3ccccc3S(N)(=O)=O)cc2)c1. The van der Waals surface area contributed by atoms with E-state index in [1.165, 1.54) is 6.07 Å². The van der Waals surface area contributed by atoms with Gasteiger partial charge in [-0.25, -0.2) is 13.6 Å². The van der Waals surface area contributed by atoms with Gasteiger partial charge in [0.05, 0.1) is 10.9 Å². The normalized spacial score (nSPS) is 11.9. The third kappa shape index (κ3) is 6.84. The molecule has 194 valence electrons. The van der Waals surface area contributed by atoms with E-state index in [1.54, 1.807) is 66.7 Å². The van der Waals surface area contributed by atoms with Crippen LogP contribution in [0.5, 0.6) is 5.75 Å². The molecule has 0 saturated carbocycles. The van der Waals surface area contributed by atoms with Crippen molar-refractivity contribution >= 4 is 21.8 Å². The number of carbonyl (C=O) groups is 1. The molecule has 0 radical (unpaired) electrons. The zero-order valence-electron chi connectivity index (χ0n) is 20.5. The Morgan fingerprint density at radius 1 is 0.868 bits per heavy atom. The van der Waals surface area contributed by atoms with E-state index in [9.17, 15) is 13.2 Å². The first-order valence-electron chi connectivity index (χ1n) is 11.8. The van der Waals surface area contributed by atoms with Gasteiger partial charge in [0.1, 0.15) is 18.2 Å². The first-order valence-corrected chi connectivity index (χ1v) is 13.4. The first kappa shape index (κ1) is 26.6. The van der Waals surface area contributed by atoms with Gasteiger partial charge in [0.15, 0.2) is 0 Å². The third-order valence-electron chi connectivity index (χ3n) is 5.91. The largest absolute Gasteiger partial charge is 0.491 e. The Bertz CT molecular complexity index is 1540. The minimum absolute atomic E-state index is 0.0196. The van der Waals surface area contributed by atoms with Crippen LogP contribution in [0.2, 0.25) is 0 Å². The average Bonchev–Trinajstić information content (AvgIpc) is 2.92. The Morgan fingerprint density at radius 3 is 2.24 bits per heavy atom. The van der Waals surface area contributed by atoms with Crippen LogP contribution in [0.1, 0.15) is 21.5 Å². The molecule has 0 aliphatic carbocycles. The molecule has 4 aromatic rings. The van der Waals surface area contributed by atoms with Crippen LogP contribution in [0.4, 0.5) is 0 Å². The van der Waals surface area contributed by atoms with Gasteiger partial charge in [-0.05, 0) is 47.9 Å². The number of benzene rings is 4. The van der Waals surface area contributed by atoms with Gasteiger partial charge in [-0.2, -0.15) is 0 Å². The van der Waals surface area contributed by atoms with Gasteiger partial charge in [0, 0.05) is 16.7 Å². The molecule has 0 aliphatic rings. The molecular weight excluding hydrogens is 500 g/mol. The topological polar surface area (TPSA) is 148 Å². The zero-order valence-corrected chi connectivity index (χ0v) is 21.3. The van der Waals surface area contributed by atoms with E-state index >= 15 is 0 Å². The van der Waals surface area contributed by atoms with Gasteiger partial charge in [-0.15, -0.1) is 0 Å². The van der Waals surface area contributed by atoms with E-state index < -0.39 is 10.0 Å². The summed E-state index contributed by atoms with van der Waals surface area (Å²) in [7, 11) is -3.90. The lowest BCUT2D eigenvalue weighted by Crippen LogP contribution is -2.40. The molecule has 4 aromatic carbocycles. The number of amidine groups is 1. The van der Waals surface area contributed by atoms with Crippen molar-refractivity contribution in [3.05, 3.63) is 120 Å². The van der Waals surface area contributed by atoms with Crippen molar-refractivity contribution in [3.63, 3.8) is 0 Å². The molecule has 4 rings (SSSR count). The number of amides is 1. The van der Waals surface area contributed by atoms with Crippen molar-refractivity contribution in [1.29, 1.82) is 5.41 Å². The van der Waals surface area contributed by atoms with Crippen molar-refractivity contribution in [2.45, 2.75) is 17.4 Å². The summed E-state index contributed by atoms with van der Waals surface area (Å²) < 4.78 is 29.9. The van der Waals surface area contributed by atoms with Crippen LogP contribution in [-0.4, -0.2) is 32.8 Å². The van der Waals surface area contributed by atoms with Crippen molar-refractivity contribution in [2.24, 2.45) is 10.9 Å². The summed E-state index contributed by atoms with van der Waals surface area (Å²) in [5.41, 5.74) is 8.67. The molecule has 6 N–H and O–H groups in total. The van der Waals surface area contributed by atoms with Crippen LogP contribution < -0.4 is 20.9 Å². The van der Waals surface area contributed by atoms with Crippen LogP contribution in [0.15, 0.2) is 108 Å². The highest BCUT2D eigenvalue weighted by atomic mass is 32.2. The fourth-order valence-electron chi connectivity index (χ4n) is 4.02. The van der Waals surface area contributed by atoms with Gasteiger partial charge in [-0.3, -0.25) is 10.2 Å². The second-order valence-electron chi connectivity index (χ2n) is 8.73. The Balaban J connectivity index is 1.51. The molecule has 38 heavy (non-hydrogen) atoms. The number of hydrogen-bond acceptors (Lipinski definition) is 5. The van der Waals surface area contributed by atoms with Crippen LogP contribution in [0, 0.1) is 5.41 Å². The number of ether oxygens (including phenoxy) is 1. The van der Waals surface area contributed by atoms with Gasteiger partial charge in [0.25, 0.3) is 5.91 Å². The molecule has 1 amide bonds. The molecule has 0 spiro atoms. The molecule has 0 saturated heterocycles. The fourth-order valence-corrected chi connectivity index (χ4v) is 4.78. The molecule has 0 bridgehead atoms. The minimum Gasteiger partial charge on any atom is -0.491 e. The van der Waals surface area contributed by atoms with Crippen LogP contribution in [-0.2, 0) is 16.4 Å². The van der Waals surface area contributed by atoms with E-state index in [0.29, 0.717) is 34.4 Å². The number of sulfonamides is 1. The van der Waals surface area contributed by atoms with Crippen LogP contribution in [0.25, 0.3) is 11.1 Å². The molecule has 0 fully saturated rings. The van der Waals surface area contributed by atoms with Crippen molar-refractivity contribution in [2.75, 3.05) is 6.61 Å². The quantitative estimate of drug-likeness (QED) is 0.183. The molecule has 0 aromatic heterocycles. The number of nitrogens with one attached hydrogen (secondary N) is 2. The molecule has 0 heterocycles. The number of rotatable bonds is 10. The van der Waals surface area contributed by atoms with Crippen molar-refractivity contribution in [3.8, 4) is 16.9 Å². The monoisotopic (exact) mass is 528 g/mol. The number of nitrogen functional groups attached to an aromatic ring is 1. The third-order valence-corrected chi connectivity index (χ3v) is 6.88. The van der Waals surface area contributed by atoms with Gasteiger partial charge in [0.2, 0.25) is 10.0 Å². The Morgan fingerprint density at radius 2 is 1.55 bits per heavy atom. The first-order chi connectivity index (χ1) is 18.2.